The molecular formula is C22H26N6O2S. The van der Waals surface area contributed by atoms with Crippen LogP contribution in [-0.4, -0.2) is 44.0 Å². The maximum absolute atomic E-state index is 6.06. The molecule has 162 valence electrons. The molecule has 0 bridgehead atoms. The van der Waals surface area contributed by atoms with Crippen molar-refractivity contribution in [3.8, 4) is 22.8 Å². The van der Waals surface area contributed by atoms with Crippen LogP contribution in [0.2, 0.25) is 0 Å². The minimum atomic E-state index is 0.382. The highest BCUT2D eigenvalue weighted by Crippen LogP contribution is 2.39. The van der Waals surface area contributed by atoms with Gasteiger partial charge in [-0.05, 0) is 39.7 Å². The van der Waals surface area contributed by atoms with Crippen molar-refractivity contribution in [2.75, 3.05) is 18.5 Å². The van der Waals surface area contributed by atoms with Gasteiger partial charge in [-0.2, -0.15) is 0 Å². The fraction of sp³-hybridized carbons (Fsp3) is 0.455. The van der Waals surface area contributed by atoms with E-state index in [9.17, 15) is 0 Å². The summed E-state index contributed by atoms with van der Waals surface area (Å²) in [5, 5.41) is 13.4. The standard InChI is InChI=1S/C22H26N6O2S/c1-4-28-8-5-16(25-15-6-9-29-10-7-15)20-17(28)12-23-21(20)22-27-26-19(30-22)11-18-13(2)24-14(3)31-18/h5,8,12,15,25H,4,6-7,9-11H2,1-3H3. The number of aryl methyl sites for hydroxylation is 3. The second kappa shape index (κ2) is 8.39. The van der Waals surface area contributed by atoms with Gasteiger partial charge in [0.2, 0.25) is 5.89 Å². The van der Waals surface area contributed by atoms with Crippen molar-refractivity contribution in [1.29, 1.82) is 0 Å². The summed E-state index contributed by atoms with van der Waals surface area (Å²) >= 11 is 1.67. The predicted molar refractivity (Wildman–Crippen MR) is 120 cm³/mol. The zero-order valence-corrected chi connectivity index (χ0v) is 18.8. The van der Waals surface area contributed by atoms with Gasteiger partial charge in [0.05, 0.1) is 34.6 Å². The molecule has 8 nitrogen and oxygen atoms in total. The lowest BCUT2D eigenvalue weighted by Crippen LogP contribution is -2.28. The molecule has 0 saturated carbocycles. The Kier molecular flexibility index (Phi) is 5.45. The summed E-state index contributed by atoms with van der Waals surface area (Å²) in [6.07, 6.45) is 6.57. The topological polar surface area (TPSA) is 90.9 Å². The van der Waals surface area contributed by atoms with E-state index in [0.29, 0.717) is 24.2 Å². The van der Waals surface area contributed by atoms with E-state index < -0.39 is 0 Å². The number of hydrogen-bond donors (Lipinski definition) is 1. The van der Waals surface area contributed by atoms with Crippen molar-refractivity contribution in [2.45, 2.75) is 52.6 Å². The maximum Gasteiger partial charge on any atom is 0.267 e. The van der Waals surface area contributed by atoms with Crippen molar-refractivity contribution >= 4 is 17.0 Å². The molecule has 1 saturated heterocycles. The molecule has 9 heteroatoms. The zero-order valence-electron chi connectivity index (χ0n) is 18.0. The molecule has 2 aromatic rings. The van der Waals surface area contributed by atoms with Crippen LogP contribution in [-0.2, 0) is 17.7 Å². The van der Waals surface area contributed by atoms with E-state index >= 15 is 0 Å². The van der Waals surface area contributed by atoms with Crippen molar-refractivity contribution in [3.63, 3.8) is 0 Å². The van der Waals surface area contributed by atoms with Gasteiger partial charge >= 0.3 is 0 Å². The van der Waals surface area contributed by atoms with Crippen LogP contribution >= 0.6 is 11.3 Å². The molecule has 0 unspecified atom stereocenters. The summed E-state index contributed by atoms with van der Waals surface area (Å²) in [5.74, 6) is 1.03. The quantitative estimate of drug-likeness (QED) is 0.479. The van der Waals surface area contributed by atoms with E-state index in [-0.39, 0.29) is 0 Å². The number of rotatable bonds is 6. The Bertz CT molecular complexity index is 1160. The third kappa shape index (κ3) is 3.95. The number of thiazole rings is 1. The number of nitrogens with one attached hydrogen (secondary N) is 1. The molecule has 0 radical (unpaired) electrons. The Labute approximate surface area is 185 Å². The van der Waals surface area contributed by atoms with E-state index in [2.05, 4.69) is 49.2 Å². The largest absolute Gasteiger partial charge is 0.419 e. The highest BCUT2D eigenvalue weighted by Gasteiger charge is 2.25. The van der Waals surface area contributed by atoms with Crippen molar-refractivity contribution in [2.24, 2.45) is 0 Å². The molecule has 5 rings (SSSR count). The maximum atomic E-state index is 6.06. The second-order valence-corrected chi connectivity index (χ2v) is 9.12. The second-order valence-electron chi connectivity index (χ2n) is 7.83. The number of ether oxygens (including phenoxy) is 1. The highest BCUT2D eigenvalue weighted by atomic mass is 32.1. The van der Waals surface area contributed by atoms with Gasteiger partial charge in [-0.1, -0.05) is 0 Å². The zero-order chi connectivity index (χ0) is 21.4. The van der Waals surface area contributed by atoms with Gasteiger partial charge in [0.25, 0.3) is 5.89 Å². The van der Waals surface area contributed by atoms with E-state index in [1.54, 1.807) is 11.3 Å². The molecule has 0 amide bonds. The first-order valence-corrected chi connectivity index (χ1v) is 11.5. The molecule has 0 aromatic carbocycles. The number of pyridine rings is 1. The summed E-state index contributed by atoms with van der Waals surface area (Å²) in [4.78, 5) is 10.3. The lowest BCUT2D eigenvalue weighted by atomic mass is 10.1. The van der Waals surface area contributed by atoms with E-state index in [0.717, 1.165) is 70.8 Å². The first kappa shape index (κ1) is 20.1. The summed E-state index contributed by atoms with van der Waals surface area (Å²) in [6.45, 7) is 8.59. The lowest BCUT2D eigenvalue weighted by Gasteiger charge is -2.26. The molecule has 5 heterocycles. The summed E-state index contributed by atoms with van der Waals surface area (Å²) in [6, 6.07) is 2.50. The van der Waals surface area contributed by atoms with Crippen LogP contribution < -0.4 is 5.32 Å². The van der Waals surface area contributed by atoms with Gasteiger partial charge in [0.15, 0.2) is 0 Å². The van der Waals surface area contributed by atoms with Crippen LogP contribution in [0.1, 0.15) is 41.2 Å². The van der Waals surface area contributed by atoms with Crippen LogP contribution in [0.4, 0.5) is 5.69 Å². The Hall–Kier alpha value is -2.78. The summed E-state index contributed by atoms with van der Waals surface area (Å²) < 4.78 is 13.7. The van der Waals surface area contributed by atoms with Crippen molar-refractivity contribution < 1.29 is 9.15 Å². The average Bonchev–Trinajstić information content (AvgIpc) is 3.48. The van der Waals surface area contributed by atoms with Gasteiger partial charge in [0.1, 0.15) is 5.69 Å². The van der Waals surface area contributed by atoms with Crippen LogP contribution in [0.15, 0.2) is 22.9 Å². The number of hydrogen-bond acceptors (Lipinski definition) is 8. The molecule has 0 aliphatic carbocycles. The smallest absolute Gasteiger partial charge is 0.267 e. The SMILES string of the molecule is CCn1ccc(NC2CCOCC2)c2c(-c3nnc(Cc4sc(C)nc4C)o3)ncc1-2. The Morgan fingerprint density at radius 2 is 2.06 bits per heavy atom. The monoisotopic (exact) mass is 438 g/mol. The minimum Gasteiger partial charge on any atom is -0.419 e. The normalized spacial score (nSPS) is 15.1. The third-order valence-corrected chi connectivity index (χ3v) is 6.78. The molecule has 0 atom stereocenters. The first-order valence-electron chi connectivity index (χ1n) is 10.7. The molecule has 0 spiro atoms. The Morgan fingerprint density at radius 3 is 2.81 bits per heavy atom. The molecule has 3 aliphatic heterocycles. The van der Waals surface area contributed by atoms with Crippen LogP contribution in [0.5, 0.6) is 0 Å². The van der Waals surface area contributed by atoms with Gasteiger partial charge in [-0.3, -0.25) is 0 Å². The number of anilines is 1. The number of fused-ring (bicyclic) bond motifs is 1. The van der Waals surface area contributed by atoms with Gasteiger partial charge in [-0.25, -0.2) is 9.97 Å². The van der Waals surface area contributed by atoms with Crippen LogP contribution in [0, 0.1) is 13.8 Å². The number of nitrogens with zero attached hydrogens (tertiary/aromatic N) is 5. The molecule has 31 heavy (non-hydrogen) atoms. The molecular weight excluding hydrogens is 412 g/mol. The molecule has 3 aliphatic rings. The average molecular weight is 439 g/mol. The fourth-order valence-corrected chi connectivity index (χ4v) is 5.03. The summed E-state index contributed by atoms with van der Waals surface area (Å²) in [5.41, 5.74) is 4.88. The first-order chi connectivity index (χ1) is 15.1. The van der Waals surface area contributed by atoms with Crippen LogP contribution in [0.3, 0.4) is 0 Å². The van der Waals surface area contributed by atoms with Crippen molar-refractivity contribution in [3.05, 3.63) is 39.9 Å². The van der Waals surface area contributed by atoms with E-state index in [1.807, 2.05) is 20.0 Å². The highest BCUT2D eigenvalue weighted by molar-refractivity contribution is 7.11. The summed E-state index contributed by atoms with van der Waals surface area (Å²) in [7, 11) is 0. The third-order valence-electron chi connectivity index (χ3n) is 5.71. The van der Waals surface area contributed by atoms with E-state index in [1.165, 1.54) is 0 Å². The minimum absolute atomic E-state index is 0.382. The van der Waals surface area contributed by atoms with Crippen molar-refractivity contribution in [1.82, 2.24) is 24.7 Å². The Balaban J connectivity index is 1.48. The van der Waals surface area contributed by atoms with Crippen LogP contribution in [0.25, 0.3) is 22.8 Å². The predicted octanol–water partition coefficient (Wildman–Crippen LogP) is 4.31. The lowest BCUT2D eigenvalue weighted by molar-refractivity contribution is 0.0904. The van der Waals surface area contributed by atoms with Gasteiger partial charge in [0, 0.05) is 42.6 Å². The number of aromatic nitrogens is 5. The fourth-order valence-electron chi connectivity index (χ4n) is 4.10. The molecule has 2 aromatic heterocycles. The van der Waals surface area contributed by atoms with Gasteiger partial charge in [-0.15, -0.1) is 21.5 Å². The van der Waals surface area contributed by atoms with Gasteiger partial charge < -0.3 is 19.0 Å². The molecule has 1 fully saturated rings. The Morgan fingerprint density at radius 1 is 1.23 bits per heavy atom. The molecule has 1 N–H and O–H groups in total. The van der Waals surface area contributed by atoms with E-state index in [4.69, 9.17) is 9.15 Å².